The van der Waals surface area contributed by atoms with Crippen LogP contribution in [0.5, 0.6) is 0 Å². The van der Waals surface area contributed by atoms with Crippen LogP contribution in [0, 0.1) is 11.6 Å². The molecule has 0 unspecified atom stereocenters. The number of anilines is 1. The molecule has 0 aromatic heterocycles. The molecule has 2 rings (SSSR count). The van der Waals surface area contributed by atoms with Crippen molar-refractivity contribution in [2.24, 2.45) is 5.73 Å². The van der Waals surface area contributed by atoms with Crippen LogP contribution >= 0.6 is 0 Å². The van der Waals surface area contributed by atoms with E-state index < -0.39 is 41.6 Å². The van der Waals surface area contributed by atoms with E-state index in [0.717, 1.165) is 18.9 Å². The molecule has 0 aliphatic heterocycles. The number of rotatable bonds is 5. The van der Waals surface area contributed by atoms with Crippen molar-refractivity contribution >= 4 is 23.5 Å². The van der Waals surface area contributed by atoms with Crippen LogP contribution in [0.2, 0.25) is 0 Å². The normalized spacial score (nSPS) is 13.4. The summed E-state index contributed by atoms with van der Waals surface area (Å²) >= 11 is 0. The van der Waals surface area contributed by atoms with Crippen LogP contribution in [0.4, 0.5) is 19.3 Å². The van der Waals surface area contributed by atoms with Crippen LogP contribution in [0.3, 0.4) is 0 Å². The van der Waals surface area contributed by atoms with Gasteiger partial charge in [0.15, 0.2) is 0 Å². The molecular weight excluding hydrogens is 298 g/mol. The van der Waals surface area contributed by atoms with Crippen molar-refractivity contribution in [1.82, 2.24) is 10.6 Å². The molecular formula is C13H14F2N4O3. The second-order valence-corrected chi connectivity index (χ2v) is 4.83. The van der Waals surface area contributed by atoms with Crippen molar-refractivity contribution in [1.29, 1.82) is 0 Å². The Balaban J connectivity index is 1.92. The van der Waals surface area contributed by atoms with E-state index in [4.69, 9.17) is 5.73 Å². The number of hydrogen-bond donors (Lipinski definition) is 4. The highest BCUT2D eigenvalue weighted by Crippen LogP contribution is 2.19. The number of nitrogens with one attached hydrogen (secondary N) is 3. The Morgan fingerprint density at radius 1 is 1.18 bits per heavy atom. The van der Waals surface area contributed by atoms with E-state index in [1.165, 1.54) is 0 Å². The van der Waals surface area contributed by atoms with Crippen LogP contribution < -0.4 is 21.7 Å². The molecule has 5 N–H and O–H groups in total. The van der Waals surface area contributed by atoms with Crippen LogP contribution in [0.1, 0.15) is 23.2 Å². The van der Waals surface area contributed by atoms with Gasteiger partial charge in [0.1, 0.15) is 11.6 Å². The maximum atomic E-state index is 13.5. The summed E-state index contributed by atoms with van der Waals surface area (Å²) in [6, 6.07) is 0.810. The zero-order valence-corrected chi connectivity index (χ0v) is 11.4. The van der Waals surface area contributed by atoms with E-state index in [2.05, 4.69) is 16.0 Å². The molecule has 0 spiro atoms. The van der Waals surface area contributed by atoms with Crippen molar-refractivity contribution < 1.29 is 23.2 Å². The van der Waals surface area contributed by atoms with Gasteiger partial charge in [0.2, 0.25) is 5.91 Å². The first-order valence-electron chi connectivity index (χ1n) is 6.50. The number of urea groups is 1. The Hall–Kier alpha value is -2.71. The summed E-state index contributed by atoms with van der Waals surface area (Å²) in [5, 5.41) is 6.96. The fourth-order valence-corrected chi connectivity index (χ4v) is 1.67. The molecule has 7 nitrogen and oxygen atoms in total. The Labute approximate surface area is 124 Å². The second kappa shape index (κ2) is 6.37. The Morgan fingerprint density at radius 3 is 2.45 bits per heavy atom. The van der Waals surface area contributed by atoms with Gasteiger partial charge in [-0.3, -0.25) is 14.9 Å². The molecule has 0 radical (unpaired) electrons. The SMILES string of the molecule is NC(=O)c1cc(NCC(=O)NC(=O)NC2CC2)c(F)cc1F. The highest BCUT2D eigenvalue weighted by atomic mass is 19.1. The number of carbonyl (C=O) groups is 3. The van der Waals surface area contributed by atoms with Crippen molar-refractivity contribution in [2.45, 2.75) is 18.9 Å². The Morgan fingerprint density at radius 2 is 1.86 bits per heavy atom. The molecule has 4 amide bonds. The monoisotopic (exact) mass is 312 g/mol. The van der Waals surface area contributed by atoms with E-state index in [-0.39, 0.29) is 11.7 Å². The minimum atomic E-state index is -1.09. The molecule has 1 aliphatic rings. The molecule has 0 bridgehead atoms. The summed E-state index contributed by atoms with van der Waals surface area (Å²) in [5.74, 6) is -3.85. The quantitative estimate of drug-likeness (QED) is 0.632. The molecule has 9 heteroatoms. The summed E-state index contributed by atoms with van der Waals surface area (Å²) in [5.41, 5.74) is 4.17. The zero-order valence-electron chi connectivity index (χ0n) is 11.4. The third-order valence-corrected chi connectivity index (χ3v) is 2.93. The van der Waals surface area contributed by atoms with Gasteiger partial charge in [-0.25, -0.2) is 13.6 Å². The third-order valence-electron chi connectivity index (χ3n) is 2.93. The average Bonchev–Trinajstić information content (AvgIpc) is 3.20. The number of amides is 4. The molecule has 1 aliphatic carbocycles. The topological polar surface area (TPSA) is 113 Å². The Kier molecular flexibility index (Phi) is 4.54. The van der Waals surface area contributed by atoms with Gasteiger partial charge in [0.05, 0.1) is 17.8 Å². The molecule has 0 saturated heterocycles. The fraction of sp³-hybridized carbons (Fsp3) is 0.308. The minimum absolute atomic E-state index is 0.0911. The highest BCUT2D eigenvalue weighted by Gasteiger charge is 2.23. The smallest absolute Gasteiger partial charge is 0.321 e. The number of hydrogen-bond acceptors (Lipinski definition) is 4. The van der Waals surface area contributed by atoms with Crippen LogP contribution in [0.15, 0.2) is 12.1 Å². The lowest BCUT2D eigenvalue weighted by atomic mass is 10.1. The number of nitrogens with two attached hydrogens (primary N) is 1. The second-order valence-electron chi connectivity index (χ2n) is 4.83. The van der Waals surface area contributed by atoms with E-state index in [1.54, 1.807) is 0 Å². The predicted octanol–water partition coefficient (Wildman–Crippen LogP) is 0.464. The van der Waals surface area contributed by atoms with Crippen LogP contribution in [-0.4, -0.2) is 30.4 Å². The maximum absolute atomic E-state index is 13.5. The number of halogens is 2. The van der Waals surface area contributed by atoms with E-state index in [1.807, 2.05) is 0 Å². The Bertz CT molecular complexity index is 632. The zero-order chi connectivity index (χ0) is 16.3. The fourth-order valence-electron chi connectivity index (χ4n) is 1.67. The third kappa shape index (κ3) is 4.14. The van der Waals surface area contributed by atoms with Gasteiger partial charge >= 0.3 is 6.03 Å². The summed E-state index contributed by atoms with van der Waals surface area (Å²) in [7, 11) is 0. The van der Waals surface area contributed by atoms with Crippen molar-refractivity contribution in [3.8, 4) is 0 Å². The van der Waals surface area contributed by atoms with Crippen molar-refractivity contribution in [3.05, 3.63) is 29.3 Å². The lowest BCUT2D eigenvalue weighted by Crippen LogP contribution is -2.42. The van der Waals surface area contributed by atoms with E-state index in [0.29, 0.717) is 6.07 Å². The molecule has 1 saturated carbocycles. The molecule has 1 aromatic rings. The van der Waals surface area contributed by atoms with Crippen molar-refractivity contribution in [3.63, 3.8) is 0 Å². The standard InChI is InChI=1S/C13H14F2N4O3/c14-8-4-9(15)10(3-7(8)12(16)21)17-5-11(20)19-13(22)18-6-1-2-6/h3-4,6,17H,1-2,5H2,(H2,16,21)(H2,18,19,20,22). The number of imide groups is 1. The van der Waals surface area contributed by atoms with E-state index >= 15 is 0 Å². The first-order valence-corrected chi connectivity index (χ1v) is 6.50. The van der Waals surface area contributed by atoms with Gasteiger partial charge in [0.25, 0.3) is 5.91 Å². The maximum Gasteiger partial charge on any atom is 0.321 e. The lowest BCUT2D eigenvalue weighted by molar-refractivity contribution is -0.118. The molecule has 1 aromatic carbocycles. The van der Waals surface area contributed by atoms with Gasteiger partial charge in [-0.05, 0) is 18.9 Å². The van der Waals surface area contributed by atoms with Crippen LogP contribution in [-0.2, 0) is 4.79 Å². The van der Waals surface area contributed by atoms with Gasteiger partial charge in [-0.1, -0.05) is 0 Å². The molecule has 22 heavy (non-hydrogen) atoms. The van der Waals surface area contributed by atoms with Gasteiger partial charge in [-0.2, -0.15) is 0 Å². The first-order chi connectivity index (χ1) is 10.4. The molecule has 0 atom stereocenters. The average molecular weight is 312 g/mol. The summed E-state index contributed by atoms with van der Waals surface area (Å²) in [6.07, 6.45) is 1.74. The van der Waals surface area contributed by atoms with Gasteiger partial charge in [0, 0.05) is 12.1 Å². The lowest BCUT2D eigenvalue weighted by Gasteiger charge is -2.10. The van der Waals surface area contributed by atoms with Crippen LogP contribution in [0.25, 0.3) is 0 Å². The minimum Gasteiger partial charge on any atom is -0.374 e. The molecule has 118 valence electrons. The van der Waals surface area contributed by atoms with Gasteiger partial charge < -0.3 is 16.4 Å². The molecule has 1 fully saturated rings. The van der Waals surface area contributed by atoms with Gasteiger partial charge in [-0.15, -0.1) is 0 Å². The van der Waals surface area contributed by atoms with Crippen molar-refractivity contribution in [2.75, 3.05) is 11.9 Å². The summed E-state index contributed by atoms with van der Waals surface area (Å²) in [4.78, 5) is 33.8. The number of benzene rings is 1. The highest BCUT2D eigenvalue weighted by molar-refractivity contribution is 5.97. The number of primary amides is 1. The number of carbonyl (C=O) groups excluding carboxylic acids is 3. The summed E-state index contributed by atoms with van der Waals surface area (Å²) < 4.78 is 26.8. The summed E-state index contributed by atoms with van der Waals surface area (Å²) in [6.45, 7) is -0.432. The molecule has 0 heterocycles. The largest absolute Gasteiger partial charge is 0.374 e. The first kappa shape index (κ1) is 15.7. The predicted molar refractivity (Wildman–Crippen MR) is 73.1 cm³/mol. The van der Waals surface area contributed by atoms with E-state index in [9.17, 15) is 23.2 Å².